The van der Waals surface area contributed by atoms with E-state index in [1.165, 1.54) is 11.1 Å². The van der Waals surface area contributed by atoms with Gasteiger partial charge in [0.2, 0.25) is 0 Å². The number of rotatable bonds is 9. The predicted octanol–water partition coefficient (Wildman–Crippen LogP) is 13.8. The van der Waals surface area contributed by atoms with E-state index in [-0.39, 0.29) is 16.7 Å². The zero-order valence-corrected chi connectivity index (χ0v) is 41.2. The molecule has 71 heavy (non-hydrogen) atoms. The molecule has 0 unspecified atom stereocenters. The van der Waals surface area contributed by atoms with Crippen molar-refractivity contribution < 1.29 is 9.59 Å². The van der Waals surface area contributed by atoms with Crippen molar-refractivity contribution in [3.05, 3.63) is 217 Å². The van der Waals surface area contributed by atoms with E-state index in [9.17, 15) is 9.59 Å². The van der Waals surface area contributed by atoms with E-state index < -0.39 is 5.24 Å². The van der Waals surface area contributed by atoms with Crippen LogP contribution in [-0.4, -0.2) is 39.9 Å². The van der Waals surface area contributed by atoms with Gasteiger partial charge in [-0.15, -0.1) is 0 Å². The van der Waals surface area contributed by atoms with Crippen LogP contribution in [0.5, 0.6) is 0 Å². The van der Waals surface area contributed by atoms with E-state index in [2.05, 4.69) is 67.5 Å². The summed E-state index contributed by atoms with van der Waals surface area (Å²) in [6, 6.07) is 50.4. The average molecular weight is 960 g/mol. The van der Waals surface area contributed by atoms with Gasteiger partial charge in [-0.25, -0.2) is 19.9 Å². The summed E-state index contributed by atoms with van der Waals surface area (Å²) in [5.74, 6) is 1.22. The molecule has 1 amide bonds. The SMILES string of the molecule is CC(C)(C)c1ccc(C(=O)Cl)cc1.CC(C)(C)c1ccc(C(=O)Nc2cccc(-c3cn4ccnc4c(Nc4ccccc4)n3)c2)cc1.Nc1cccc(-c2cn3ccnc3c(Nc3ccccc3)n2)c1. The molecule has 10 aromatic rings. The summed E-state index contributed by atoms with van der Waals surface area (Å²) in [5, 5.41) is 9.30. The number of nitrogen functional groups attached to an aromatic ring is 1. The lowest BCUT2D eigenvalue weighted by molar-refractivity contribution is 0.102. The molecule has 4 aromatic heterocycles. The molecule has 0 saturated heterocycles. The third kappa shape index (κ3) is 12.5. The second-order valence-electron chi connectivity index (χ2n) is 18.8. The first-order valence-corrected chi connectivity index (χ1v) is 23.5. The van der Waals surface area contributed by atoms with Crippen molar-refractivity contribution in [1.82, 2.24) is 28.7 Å². The van der Waals surface area contributed by atoms with E-state index in [4.69, 9.17) is 27.3 Å². The number of hydrogen-bond acceptors (Lipinski definition) is 9. The first-order chi connectivity index (χ1) is 34.1. The number of imidazole rings is 2. The topological polar surface area (TPSA) is 157 Å². The quantitative estimate of drug-likeness (QED) is 0.0817. The van der Waals surface area contributed by atoms with Crippen LogP contribution in [-0.2, 0) is 10.8 Å². The van der Waals surface area contributed by atoms with Gasteiger partial charge in [0.15, 0.2) is 22.9 Å². The van der Waals surface area contributed by atoms with Gasteiger partial charge in [0.05, 0.1) is 11.4 Å². The summed E-state index contributed by atoms with van der Waals surface area (Å²) in [6.07, 6.45) is 11.2. The number of carbonyl (C=O) groups excluding carboxylic acids is 2. The monoisotopic (exact) mass is 958 g/mol. The molecular formula is C58H55ClN10O2. The van der Waals surface area contributed by atoms with Crippen LogP contribution in [0.3, 0.4) is 0 Å². The van der Waals surface area contributed by atoms with Gasteiger partial charge in [0.25, 0.3) is 11.1 Å². The number of nitrogens with one attached hydrogen (secondary N) is 3. The highest BCUT2D eigenvalue weighted by molar-refractivity contribution is 6.67. The van der Waals surface area contributed by atoms with Gasteiger partial charge in [-0.2, -0.15) is 0 Å². The molecule has 10 rings (SSSR count). The summed E-state index contributed by atoms with van der Waals surface area (Å²) in [4.78, 5) is 42.0. The zero-order valence-electron chi connectivity index (χ0n) is 40.4. The number of para-hydroxylation sites is 2. The largest absolute Gasteiger partial charge is 0.399 e. The maximum atomic E-state index is 12.9. The molecule has 4 heterocycles. The number of amides is 1. The van der Waals surface area contributed by atoms with Crippen LogP contribution < -0.4 is 21.7 Å². The lowest BCUT2D eigenvalue weighted by Crippen LogP contribution is -2.14. The van der Waals surface area contributed by atoms with Crippen molar-refractivity contribution in [1.29, 1.82) is 0 Å². The minimum Gasteiger partial charge on any atom is -0.399 e. The fourth-order valence-corrected chi connectivity index (χ4v) is 7.63. The molecule has 0 fully saturated rings. The second-order valence-corrected chi connectivity index (χ2v) is 19.2. The molecule has 0 aliphatic rings. The predicted molar refractivity (Wildman–Crippen MR) is 289 cm³/mol. The van der Waals surface area contributed by atoms with Crippen LogP contribution in [0.4, 0.5) is 34.4 Å². The Bertz CT molecular complexity index is 3410. The molecule has 0 aliphatic carbocycles. The molecule has 0 radical (unpaired) electrons. The highest BCUT2D eigenvalue weighted by Gasteiger charge is 2.17. The Kier molecular flexibility index (Phi) is 14.7. The Morgan fingerprint density at radius 2 is 0.958 bits per heavy atom. The lowest BCUT2D eigenvalue weighted by atomic mass is 9.87. The van der Waals surface area contributed by atoms with E-state index >= 15 is 0 Å². The smallest absolute Gasteiger partial charge is 0.255 e. The summed E-state index contributed by atoms with van der Waals surface area (Å²) in [6.45, 7) is 12.9. The minimum atomic E-state index is -0.402. The number of carbonyl (C=O) groups is 2. The first-order valence-electron chi connectivity index (χ1n) is 23.1. The standard InChI is InChI=1S/C29H27N5O.C18H15N5.C11H13ClO/c1-29(2,3)22-14-12-20(13-15-22)28(35)32-24-11-7-8-21(18-24)25-19-34-17-16-30-27(34)26(33-25)31-23-9-5-4-6-10-23;19-14-6-4-5-13(11-14)16-12-23-10-9-20-18(23)17(22-16)21-15-7-2-1-3-8-15;1-11(2,3)9-6-4-8(5-7-9)10(12)13/h4-19H,1-3H3,(H,31,33)(H,32,35);1-12H,19H2,(H,21,22);4-7H,1-3H3. The molecule has 356 valence electrons. The highest BCUT2D eigenvalue weighted by atomic mass is 35.5. The molecule has 0 atom stereocenters. The van der Waals surface area contributed by atoms with Gasteiger partial charge in [0, 0.05) is 82.2 Å². The van der Waals surface area contributed by atoms with Gasteiger partial charge in [-0.3, -0.25) is 9.59 Å². The summed E-state index contributed by atoms with van der Waals surface area (Å²) < 4.78 is 3.90. The van der Waals surface area contributed by atoms with Crippen LogP contribution in [0.1, 0.15) is 73.4 Å². The summed E-state index contributed by atoms with van der Waals surface area (Å²) >= 11 is 5.33. The van der Waals surface area contributed by atoms with Gasteiger partial charge < -0.3 is 30.5 Å². The number of benzene rings is 6. The fourth-order valence-electron chi connectivity index (χ4n) is 7.51. The summed E-state index contributed by atoms with van der Waals surface area (Å²) in [5.41, 5.74) is 17.9. The molecular weight excluding hydrogens is 904 g/mol. The second kappa shape index (κ2) is 21.4. The molecule has 6 aromatic carbocycles. The van der Waals surface area contributed by atoms with Crippen molar-refractivity contribution >= 4 is 68.4 Å². The number of fused-ring (bicyclic) bond motifs is 2. The maximum Gasteiger partial charge on any atom is 0.255 e. The van der Waals surface area contributed by atoms with Crippen LogP contribution in [0.2, 0.25) is 0 Å². The Balaban J connectivity index is 0.000000160. The normalized spacial score (nSPS) is 11.2. The average Bonchev–Trinajstić information content (AvgIpc) is 4.06. The molecule has 0 spiro atoms. The van der Waals surface area contributed by atoms with Gasteiger partial charge >= 0.3 is 0 Å². The molecule has 0 bridgehead atoms. The number of anilines is 6. The molecule has 0 aliphatic heterocycles. The highest BCUT2D eigenvalue weighted by Crippen LogP contribution is 2.29. The van der Waals surface area contributed by atoms with E-state index in [0.29, 0.717) is 34.1 Å². The van der Waals surface area contributed by atoms with E-state index in [1.54, 1.807) is 24.5 Å². The van der Waals surface area contributed by atoms with Gasteiger partial charge in [-0.1, -0.05) is 126 Å². The minimum absolute atomic E-state index is 0.0426. The van der Waals surface area contributed by atoms with Crippen molar-refractivity contribution in [2.45, 2.75) is 52.4 Å². The Morgan fingerprint density at radius 3 is 1.41 bits per heavy atom. The van der Waals surface area contributed by atoms with Crippen LogP contribution in [0.25, 0.3) is 33.8 Å². The third-order valence-corrected chi connectivity index (χ3v) is 11.6. The lowest BCUT2D eigenvalue weighted by Gasteiger charge is -2.19. The van der Waals surface area contributed by atoms with Crippen LogP contribution in [0.15, 0.2) is 195 Å². The maximum absolute atomic E-state index is 12.9. The Morgan fingerprint density at radius 1 is 0.521 bits per heavy atom. The number of nitrogens with two attached hydrogens (primary N) is 1. The number of hydrogen-bond donors (Lipinski definition) is 4. The number of aromatic nitrogens is 6. The van der Waals surface area contributed by atoms with Crippen molar-refractivity contribution in [2.24, 2.45) is 0 Å². The molecule has 5 N–H and O–H groups in total. The summed E-state index contributed by atoms with van der Waals surface area (Å²) in [7, 11) is 0. The van der Waals surface area contributed by atoms with Crippen molar-refractivity contribution in [3.63, 3.8) is 0 Å². The number of nitrogens with zero attached hydrogens (tertiary/aromatic N) is 6. The zero-order chi connectivity index (χ0) is 50.1. The number of halogens is 1. The van der Waals surface area contributed by atoms with E-state index in [1.807, 2.05) is 179 Å². The third-order valence-electron chi connectivity index (χ3n) is 11.4. The molecule has 0 saturated carbocycles. The molecule has 13 heteroatoms. The van der Waals surface area contributed by atoms with Crippen molar-refractivity contribution in [2.75, 3.05) is 21.7 Å². The van der Waals surface area contributed by atoms with Gasteiger partial charge in [-0.05, 0) is 106 Å². The van der Waals surface area contributed by atoms with Gasteiger partial charge in [0.1, 0.15) is 0 Å². The Labute approximate surface area is 418 Å². The van der Waals surface area contributed by atoms with E-state index in [0.717, 1.165) is 45.2 Å². The molecule has 12 nitrogen and oxygen atoms in total. The van der Waals surface area contributed by atoms with Crippen molar-refractivity contribution in [3.8, 4) is 22.5 Å². The fraction of sp³-hybridized carbons (Fsp3) is 0.138. The van der Waals surface area contributed by atoms with Crippen LogP contribution >= 0.6 is 11.6 Å². The van der Waals surface area contributed by atoms with Crippen LogP contribution in [0, 0.1) is 0 Å². The first kappa shape index (κ1) is 48.8. The Hall–Kier alpha value is -8.61.